The van der Waals surface area contributed by atoms with Crippen LogP contribution < -0.4 is 0 Å². The zero-order valence-corrected chi connectivity index (χ0v) is 6.16. The second kappa shape index (κ2) is 2.09. The van der Waals surface area contributed by atoms with Crippen LogP contribution in [0.15, 0.2) is 12.3 Å². The molecule has 1 heterocycles. The van der Waals surface area contributed by atoms with Crippen molar-refractivity contribution in [1.82, 2.24) is 4.90 Å². The Morgan fingerprint density at radius 2 is 2.40 bits per heavy atom. The number of hydrogen-bond acceptors (Lipinski definition) is 2. The molecule has 10 heavy (non-hydrogen) atoms. The van der Waals surface area contributed by atoms with E-state index in [1.54, 1.807) is 19.3 Å². The Balaban J connectivity index is 2.85. The van der Waals surface area contributed by atoms with Gasteiger partial charge in [-0.05, 0) is 6.92 Å². The van der Waals surface area contributed by atoms with Gasteiger partial charge in [-0.1, -0.05) is 6.08 Å². The number of amides is 1. The molecule has 56 valence electrons. The maximum absolute atomic E-state index is 11.1. The van der Waals surface area contributed by atoms with Crippen molar-refractivity contribution in [2.75, 3.05) is 7.05 Å². The molecule has 0 aromatic carbocycles. The number of likely N-dealkylation sites (N-methyl/N-ethyl adjacent to an activating group) is 1. The summed E-state index contributed by atoms with van der Waals surface area (Å²) >= 11 is 0. The predicted molar refractivity (Wildman–Crippen MR) is 37.2 cm³/mol. The van der Waals surface area contributed by atoms with Crippen LogP contribution in [0.5, 0.6) is 0 Å². The van der Waals surface area contributed by atoms with Crippen molar-refractivity contribution < 1.29 is 9.90 Å². The van der Waals surface area contributed by atoms with E-state index in [0.29, 0.717) is 6.42 Å². The van der Waals surface area contributed by atoms with Crippen LogP contribution in [-0.4, -0.2) is 28.6 Å². The first-order valence-corrected chi connectivity index (χ1v) is 3.20. The summed E-state index contributed by atoms with van der Waals surface area (Å²) < 4.78 is 0. The molecule has 0 saturated carbocycles. The smallest absolute Gasteiger partial charge is 0.258 e. The van der Waals surface area contributed by atoms with Gasteiger partial charge in [-0.15, -0.1) is 0 Å². The Morgan fingerprint density at radius 1 is 1.80 bits per heavy atom. The van der Waals surface area contributed by atoms with Crippen LogP contribution in [0.4, 0.5) is 0 Å². The van der Waals surface area contributed by atoms with E-state index in [2.05, 4.69) is 0 Å². The van der Waals surface area contributed by atoms with Crippen molar-refractivity contribution in [2.24, 2.45) is 0 Å². The van der Waals surface area contributed by atoms with Crippen molar-refractivity contribution in [2.45, 2.75) is 18.9 Å². The van der Waals surface area contributed by atoms with Crippen molar-refractivity contribution in [3.8, 4) is 0 Å². The molecule has 1 atom stereocenters. The molecule has 1 unspecified atom stereocenters. The van der Waals surface area contributed by atoms with E-state index >= 15 is 0 Å². The third kappa shape index (κ3) is 1.04. The maximum atomic E-state index is 11.1. The highest BCUT2D eigenvalue weighted by molar-refractivity contribution is 5.86. The Bertz CT molecular complexity index is 184. The van der Waals surface area contributed by atoms with E-state index in [1.165, 1.54) is 11.8 Å². The number of rotatable bonds is 0. The second-order valence-electron chi connectivity index (χ2n) is 2.78. The van der Waals surface area contributed by atoms with E-state index < -0.39 is 5.60 Å². The highest BCUT2D eigenvalue weighted by Gasteiger charge is 2.33. The van der Waals surface area contributed by atoms with Gasteiger partial charge in [0.05, 0.1) is 0 Å². The fraction of sp³-hybridized carbons (Fsp3) is 0.571. The molecular formula is C7H11NO2. The molecule has 1 N–H and O–H groups in total. The van der Waals surface area contributed by atoms with Crippen LogP contribution >= 0.6 is 0 Å². The van der Waals surface area contributed by atoms with E-state index in [4.69, 9.17) is 0 Å². The summed E-state index contributed by atoms with van der Waals surface area (Å²) in [6, 6.07) is 0. The number of carbonyl (C=O) groups excluding carboxylic acids is 1. The lowest BCUT2D eigenvalue weighted by molar-refractivity contribution is -0.146. The third-order valence-electron chi connectivity index (χ3n) is 1.63. The minimum Gasteiger partial charge on any atom is -0.380 e. The lowest BCUT2D eigenvalue weighted by atomic mass is 9.98. The van der Waals surface area contributed by atoms with Crippen molar-refractivity contribution in [1.29, 1.82) is 0 Å². The highest BCUT2D eigenvalue weighted by Crippen LogP contribution is 2.17. The van der Waals surface area contributed by atoms with Gasteiger partial charge in [0, 0.05) is 19.7 Å². The average Bonchev–Trinajstić information content (AvgIpc) is 1.83. The zero-order chi connectivity index (χ0) is 7.78. The molecule has 1 rings (SSSR count). The molecule has 0 aromatic rings. The van der Waals surface area contributed by atoms with Gasteiger partial charge in [0.15, 0.2) is 0 Å². The first-order chi connectivity index (χ1) is 4.54. The monoisotopic (exact) mass is 141 g/mol. The minimum absolute atomic E-state index is 0.241. The van der Waals surface area contributed by atoms with E-state index in [-0.39, 0.29) is 5.91 Å². The molecule has 3 nitrogen and oxygen atoms in total. The SMILES string of the molecule is CN1C=CCC(C)(O)C1=O. The summed E-state index contributed by atoms with van der Waals surface area (Å²) in [7, 11) is 1.63. The summed E-state index contributed by atoms with van der Waals surface area (Å²) in [5.41, 5.74) is -1.19. The Morgan fingerprint density at radius 3 is 2.80 bits per heavy atom. The van der Waals surface area contributed by atoms with Crippen LogP contribution in [0.3, 0.4) is 0 Å². The lowest BCUT2D eigenvalue weighted by Gasteiger charge is -2.28. The fourth-order valence-corrected chi connectivity index (χ4v) is 0.975. The highest BCUT2D eigenvalue weighted by atomic mass is 16.3. The van der Waals surface area contributed by atoms with Gasteiger partial charge in [-0.3, -0.25) is 4.79 Å². The summed E-state index contributed by atoms with van der Waals surface area (Å²) in [5.74, 6) is -0.241. The van der Waals surface area contributed by atoms with Crippen LogP contribution in [0.1, 0.15) is 13.3 Å². The molecule has 0 bridgehead atoms. The van der Waals surface area contributed by atoms with Crippen LogP contribution in [0, 0.1) is 0 Å². The molecule has 0 aromatic heterocycles. The molecule has 0 radical (unpaired) electrons. The van der Waals surface area contributed by atoms with Gasteiger partial charge in [0.1, 0.15) is 5.60 Å². The van der Waals surface area contributed by atoms with E-state index in [0.717, 1.165) is 0 Å². The summed E-state index contributed by atoms with van der Waals surface area (Å²) in [6.07, 6.45) is 3.86. The number of carbonyl (C=O) groups is 1. The van der Waals surface area contributed by atoms with Gasteiger partial charge in [-0.2, -0.15) is 0 Å². The summed E-state index contributed by atoms with van der Waals surface area (Å²) in [6.45, 7) is 1.52. The van der Waals surface area contributed by atoms with Gasteiger partial charge in [0.2, 0.25) is 0 Å². The number of aliphatic hydroxyl groups is 1. The van der Waals surface area contributed by atoms with Crippen LogP contribution in [-0.2, 0) is 4.79 Å². The molecule has 1 aliphatic heterocycles. The Kier molecular flexibility index (Phi) is 1.52. The molecule has 0 fully saturated rings. The van der Waals surface area contributed by atoms with Crippen LogP contribution in [0.25, 0.3) is 0 Å². The van der Waals surface area contributed by atoms with Gasteiger partial charge >= 0.3 is 0 Å². The molecular weight excluding hydrogens is 130 g/mol. The fourth-order valence-electron chi connectivity index (χ4n) is 0.975. The van der Waals surface area contributed by atoms with Crippen molar-refractivity contribution >= 4 is 5.91 Å². The van der Waals surface area contributed by atoms with Gasteiger partial charge < -0.3 is 10.0 Å². The predicted octanol–water partition coefficient (Wildman–Crippen LogP) is 0.113. The second-order valence-corrected chi connectivity index (χ2v) is 2.78. The molecule has 0 spiro atoms. The zero-order valence-electron chi connectivity index (χ0n) is 6.16. The maximum Gasteiger partial charge on any atom is 0.258 e. The number of nitrogens with zero attached hydrogens (tertiary/aromatic N) is 1. The first kappa shape index (κ1) is 7.28. The van der Waals surface area contributed by atoms with Crippen molar-refractivity contribution in [3.05, 3.63) is 12.3 Å². The van der Waals surface area contributed by atoms with Crippen LogP contribution in [0.2, 0.25) is 0 Å². The van der Waals surface area contributed by atoms with Gasteiger partial charge in [-0.25, -0.2) is 0 Å². The standard InChI is InChI=1S/C7H11NO2/c1-7(10)4-3-5-8(2)6(7)9/h3,5,10H,4H2,1-2H3. The molecule has 3 heteroatoms. The Labute approximate surface area is 59.9 Å². The lowest BCUT2D eigenvalue weighted by Crippen LogP contribution is -2.45. The van der Waals surface area contributed by atoms with E-state index in [1.807, 2.05) is 0 Å². The summed E-state index contributed by atoms with van der Waals surface area (Å²) in [5, 5.41) is 9.37. The average molecular weight is 141 g/mol. The van der Waals surface area contributed by atoms with E-state index in [9.17, 15) is 9.90 Å². The largest absolute Gasteiger partial charge is 0.380 e. The Hall–Kier alpha value is -0.830. The quantitative estimate of drug-likeness (QED) is 0.520. The van der Waals surface area contributed by atoms with Crippen molar-refractivity contribution in [3.63, 3.8) is 0 Å². The van der Waals surface area contributed by atoms with Gasteiger partial charge in [0.25, 0.3) is 5.91 Å². The molecule has 0 aliphatic carbocycles. The summed E-state index contributed by atoms with van der Waals surface area (Å²) in [4.78, 5) is 12.5. The third-order valence-corrected chi connectivity index (χ3v) is 1.63. The number of hydrogen-bond donors (Lipinski definition) is 1. The topological polar surface area (TPSA) is 40.5 Å². The molecule has 1 aliphatic rings. The molecule has 1 amide bonds. The normalized spacial score (nSPS) is 33.1. The minimum atomic E-state index is -1.19. The first-order valence-electron chi connectivity index (χ1n) is 3.20. The molecule has 0 saturated heterocycles.